The van der Waals surface area contributed by atoms with E-state index in [1.807, 2.05) is 19.1 Å². The van der Waals surface area contributed by atoms with Crippen LogP contribution < -0.4 is 0 Å². The Morgan fingerprint density at radius 2 is 1.72 bits per heavy atom. The Morgan fingerprint density at radius 1 is 1.00 bits per heavy atom. The van der Waals surface area contributed by atoms with Crippen molar-refractivity contribution in [2.24, 2.45) is 0 Å². The molecule has 2 aromatic carbocycles. The summed E-state index contributed by atoms with van der Waals surface area (Å²) in [6, 6.07) is 14.8. The lowest BCUT2D eigenvalue weighted by Crippen LogP contribution is -2.10. The van der Waals surface area contributed by atoms with Gasteiger partial charge in [-0.05, 0) is 48.0 Å². The second-order valence-electron chi connectivity index (χ2n) is 5.85. The van der Waals surface area contributed by atoms with Gasteiger partial charge in [-0.2, -0.15) is 0 Å². The maximum Gasteiger partial charge on any atom is 0.123 e. The number of halogens is 3. The summed E-state index contributed by atoms with van der Waals surface area (Å²) in [6.45, 7) is 1.89. The predicted molar refractivity (Wildman–Crippen MR) is 99.5 cm³/mol. The summed E-state index contributed by atoms with van der Waals surface area (Å²) in [6.07, 6.45) is 0.821. The van der Waals surface area contributed by atoms with E-state index in [9.17, 15) is 9.50 Å². The molecule has 2 unspecified atom stereocenters. The van der Waals surface area contributed by atoms with Gasteiger partial charge in [0, 0.05) is 33.3 Å². The molecule has 0 saturated carbocycles. The van der Waals surface area contributed by atoms with Crippen molar-refractivity contribution in [3.63, 3.8) is 0 Å². The minimum Gasteiger partial charge on any atom is -0.388 e. The van der Waals surface area contributed by atoms with Gasteiger partial charge in [0.15, 0.2) is 0 Å². The standard InChI is InChI=1S/C20H16Cl2FNO/c1-12(16-9-6-14(21)11-18(16)22)20(25)17-3-2-10-24-19(17)13-4-7-15(23)8-5-13/h2-12,20,25H,1H3. The highest BCUT2D eigenvalue weighted by Gasteiger charge is 2.23. The first-order valence-corrected chi connectivity index (χ1v) is 8.57. The van der Waals surface area contributed by atoms with E-state index in [0.29, 0.717) is 21.3 Å². The normalized spacial score (nSPS) is 13.5. The van der Waals surface area contributed by atoms with Crippen LogP contribution in [0.1, 0.15) is 30.1 Å². The van der Waals surface area contributed by atoms with Crippen molar-refractivity contribution in [2.75, 3.05) is 0 Å². The Hall–Kier alpha value is -1.94. The summed E-state index contributed by atoms with van der Waals surface area (Å²) < 4.78 is 13.2. The molecule has 5 heteroatoms. The molecule has 1 N–H and O–H groups in total. The van der Waals surface area contributed by atoms with Gasteiger partial charge < -0.3 is 5.11 Å². The van der Waals surface area contributed by atoms with Crippen molar-refractivity contribution in [2.45, 2.75) is 18.9 Å². The molecule has 0 radical (unpaired) electrons. The van der Waals surface area contributed by atoms with Crippen LogP contribution in [0.15, 0.2) is 60.8 Å². The molecule has 3 aromatic rings. The van der Waals surface area contributed by atoms with E-state index < -0.39 is 6.10 Å². The zero-order valence-electron chi connectivity index (χ0n) is 13.5. The van der Waals surface area contributed by atoms with Crippen LogP contribution in [0.4, 0.5) is 4.39 Å². The van der Waals surface area contributed by atoms with Gasteiger partial charge in [-0.3, -0.25) is 4.98 Å². The van der Waals surface area contributed by atoms with E-state index in [2.05, 4.69) is 4.98 Å². The van der Waals surface area contributed by atoms with Crippen LogP contribution in [0.2, 0.25) is 10.0 Å². The predicted octanol–water partition coefficient (Wildman–Crippen LogP) is 6.03. The van der Waals surface area contributed by atoms with Crippen molar-refractivity contribution in [3.05, 3.63) is 87.8 Å². The fraction of sp³-hybridized carbons (Fsp3) is 0.150. The minimum atomic E-state index is -0.826. The number of benzene rings is 2. The number of aliphatic hydroxyl groups excluding tert-OH is 1. The number of rotatable bonds is 4. The molecule has 0 saturated heterocycles. The monoisotopic (exact) mass is 375 g/mol. The molecular formula is C20H16Cl2FNO. The molecule has 2 atom stereocenters. The summed E-state index contributed by atoms with van der Waals surface area (Å²) in [7, 11) is 0. The minimum absolute atomic E-state index is 0.270. The Labute approximate surface area is 155 Å². The first-order valence-electron chi connectivity index (χ1n) is 7.81. The first-order chi connectivity index (χ1) is 12.0. The zero-order valence-corrected chi connectivity index (χ0v) is 15.0. The van der Waals surface area contributed by atoms with Gasteiger partial charge in [0.1, 0.15) is 5.82 Å². The lowest BCUT2D eigenvalue weighted by atomic mass is 9.89. The Balaban J connectivity index is 2.00. The average Bonchev–Trinajstić information content (AvgIpc) is 2.61. The molecule has 0 amide bonds. The van der Waals surface area contributed by atoms with Crippen LogP contribution in [-0.2, 0) is 0 Å². The molecule has 1 heterocycles. The highest BCUT2D eigenvalue weighted by Crippen LogP contribution is 2.38. The first kappa shape index (κ1) is 17.9. The number of aliphatic hydroxyl groups is 1. The third-order valence-electron chi connectivity index (χ3n) is 4.20. The third kappa shape index (κ3) is 3.84. The number of nitrogens with zero attached hydrogens (tertiary/aromatic N) is 1. The Bertz CT molecular complexity index is 883. The van der Waals surface area contributed by atoms with Crippen LogP contribution in [0.3, 0.4) is 0 Å². The lowest BCUT2D eigenvalue weighted by molar-refractivity contribution is 0.152. The molecule has 0 aliphatic carbocycles. The van der Waals surface area contributed by atoms with E-state index in [-0.39, 0.29) is 11.7 Å². The van der Waals surface area contributed by atoms with Gasteiger partial charge in [-0.1, -0.05) is 42.3 Å². The second-order valence-corrected chi connectivity index (χ2v) is 6.69. The summed E-state index contributed by atoms with van der Waals surface area (Å²) in [5.74, 6) is -0.587. The summed E-state index contributed by atoms with van der Waals surface area (Å²) in [4.78, 5) is 4.38. The Kier molecular flexibility index (Phi) is 5.38. The van der Waals surface area contributed by atoms with E-state index in [4.69, 9.17) is 23.2 Å². The molecule has 25 heavy (non-hydrogen) atoms. The van der Waals surface area contributed by atoms with Gasteiger partial charge in [0.05, 0.1) is 11.8 Å². The van der Waals surface area contributed by atoms with Crippen molar-refractivity contribution >= 4 is 23.2 Å². The van der Waals surface area contributed by atoms with Crippen LogP contribution in [0, 0.1) is 5.82 Å². The number of pyridine rings is 1. The van der Waals surface area contributed by atoms with Crippen molar-refractivity contribution in [1.82, 2.24) is 4.98 Å². The van der Waals surface area contributed by atoms with Crippen LogP contribution in [-0.4, -0.2) is 10.1 Å². The molecule has 0 aliphatic rings. The maximum atomic E-state index is 13.2. The SMILES string of the molecule is CC(c1ccc(Cl)cc1Cl)C(O)c1cccnc1-c1ccc(F)cc1. The van der Waals surface area contributed by atoms with Crippen molar-refractivity contribution < 1.29 is 9.50 Å². The third-order valence-corrected chi connectivity index (χ3v) is 4.76. The topological polar surface area (TPSA) is 33.1 Å². The highest BCUT2D eigenvalue weighted by atomic mass is 35.5. The summed E-state index contributed by atoms with van der Waals surface area (Å²) in [5, 5.41) is 12.0. The molecule has 0 aliphatic heterocycles. The molecule has 2 nitrogen and oxygen atoms in total. The van der Waals surface area contributed by atoms with Crippen LogP contribution >= 0.6 is 23.2 Å². The maximum absolute atomic E-state index is 13.2. The number of hydrogen-bond donors (Lipinski definition) is 1. The van der Waals surface area contributed by atoms with E-state index in [1.165, 1.54) is 12.1 Å². The molecule has 0 spiro atoms. The van der Waals surface area contributed by atoms with Crippen molar-refractivity contribution in [3.8, 4) is 11.3 Å². The zero-order chi connectivity index (χ0) is 18.0. The van der Waals surface area contributed by atoms with Gasteiger partial charge in [-0.15, -0.1) is 0 Å². The van der Waals surface area contributed by atoms with Crippen LogP contribution in [0.25, 0.3) is 11.3 Å². The van der Waals surface area contributed by atoms with Gasteiger partial charge in [0.2, 0.25) is 0 Å². The lowest BCUT2D eigenvalue weighted by Gasteiger charge is -2.22. The fourth-order valence-corrected chi connectivity index (χ4v) is 3.40. The molecule has 0 bridgehead atoms. The average molecular weight is 376 g/mol. The fourth-order valence-electron chi connectivity index (χ4n) is 2.82. The van der Waals surface area contributed by atoms with Gasteiger partial charge in [-0.25, -0.2) is 4.39 Å². The summed E-state index contributed by atoms with van der Waals surface area (Å²) in [5.41, 5.74) is 2.82. The number of aromatic nitrogens is 1. The second kappa shape index (κ2) is 7.52. The largest absolute Gasteiger partial charge is 0.388 e. The molecule has 128 valence electrons. The van der Waals surface area contributed by atoms with Gasteiger partial charge >= 0.3 is 0 Å². The van der Waals surface area contributed by atoms with Gasteiger partial charge in [0.25, 0.3) is 0 Å². The van der Waals surface area contributed by atoms with E-state index in [0.717, 1.165) is 11.1 Å². The molecule has 3 rings (SSSR count). The molecule has 1 aromatic heterocycles. The number of hydrogen-bond acceptors (Lipinski definition) is 2. The smallest absolute Gasteiger partial charge is 0.123 e. The van der Waals surface area contributed by atoms with E-state index in [1.54, 1.807) is 36.5 Å². The highest BCUT2D eigenvalue weighted by molar-refractivity contribution is 6.35. The molecular weight excluding hydrogens is 360 g/mol. The van der Waals surface area contributed by atoms with E-state index >= 15 is 0 Å². The van der Waals surface area contributed by atoms with Crippen LogP contribution in [0.5, 0.6) is 0 Å². The quantitative estimate of drug-likeness (QED) is 0.603. The van der Waals surface area contributed by atoms with Crippen molar-refractivity contribution in [1.29, 1.82) is 0 Å². The summed E-state index contributed by atoms with van der Waals surface area (Å²) >= 11 is 12.2. The Morgan fingerprint density at radius 3 is 2.40 bits per heavy atom. The molecule has 0 fully saturated rings.